The van der Waals surface area contributed by atoms with E-state index in [0.717, 1.165) is 17.4 Å². The van der Waals surface area contributed by atoms with Crippen LogP contribution >= 0.6 is 0 Å². The minimum Gasteiger partial charge on any atom is -0.389 e. The van der Waals surface area contributed by atoms with Crippen molar-refractivity contribution >= 4 is 0 Å². The van der Waals surface area contributed by atoms with Crippen LogP contribution in [0.2, 0.25) is 0 Å². The van der Waals surface area contributed by atoms with Crippen molar-refractivity contribution in [3.63, 3.8) is 0 Å². The molecule has 1 atom stereocenters. The summed E-state index contributed by atoms with van der Waals surface area (Å²) < 4.78 is 0. The standard InChI is InChI=1S/C25H34O/c1-3-4-5-6-20-7-9-22(10-8-20)24-15-17-25(18-16-24)23-13-11-21(12-14-23)19(2)26/h11-20,22,26H,3-10H2,1-2H3. The predicted molar refractivity (Wildman–Crippen MR) is 111 cm³/mol. The third-order valence-corrected chi connectivity index (χ3v) is 6.17. The van der Waals surface area contributed by atoms with E-state index in [2.05, 4.69) is 43.3 Å². The summed E-state index contributed by atoms with van der Waals surface area (Å²) in [5.74, 6) is 1.73. The third-order valence-electron chi connectivity index (χ3n) is 6.17. The monoisotopic (exact) mass is 350 g/mol. The Kier molecular flexibility index (Phi) is 6.91. The van der Waals surface area contributed by atoms with Crippen LogP contribution in [0.15, 0.2) is 48.5 Å². The molecule has 2 aromatic rings. The molecule has 0 amide bonds. The summed E-state index contributed by atoms with van der Waals surface area (Å²) >= 11 is 0. The molecule has 140 valence electrons. The third kappa shape index (κ3) is 4.98. The molecular formula is C25H34O. The maximum absolute atomic E-state index is 9.64. The first-order valence-corrected chi connectivity index (χ1v) is 10.6. The van der Waals surface area contributed by atoms with Crippen LogP contribution in [-0.2, 0) is 0 Å². The van der Waals surface area contributed by atoms with E-state index >= 15 is 0 Å². The number of hydrogen-bond acceptors (Lipinski definition) is 1. The van der Waals surface area contributed by atoms with Gasteiger partial charge in [0.2, 0.25) is 0 Å². The van der Waals surface area contributed by atoms with E-state index in [9.17, 15) is 5.11 Å². The summed E-state index contributed by atoms with van der Waals surface area (Å²) in [6.07, 6.45) is 10.8. The first kappa shape index (κ1) is 19.2. The highest BCUT2D eigenvalue weighted by Gasteiger charge is 2.22. The van der Waals surface area contributed by atoms with Crippen LogP contribution in [0.1, 0.15) is 88.4 Å². The van der Waals surface area contributed by atoms with Crippen LogP contribution in [0.25, 0.3) is 11.1 Å². The second kappa shape index (κ2) is 9.37. The molecule has 0 aliphatic heterocycles. The fourth-order valence-corrected chi connectivity index (χ4v) is 4.37. The van der Waals surface area contributed by atoms with Gasteiger partial charge < -0.3 is 5.11 Å². The normalized spacial score (nSPS) is 21.5. The van der Waals surface area contributed by atoms with Gasteiger partial charge >= 0.3 is 0 Å². The van der Waals surface area contributed by atoms with Gasteiger partial charge in [-0.05, 0) is 66.7 Å². The van der Waals surface area contributed by atoms with Crippen molar-refractivity contribution in [2.24, 2.45) is 5.92 Å². The van der Waals surface area contributed by atoms with Crippen LogP contribution in [0.4, 0.5) is 0 Å². The van der Waals surface area contributed by atoms with Gasteiger partial charge in [-0.25, -0.2) is 0 Å². The zero-order valence-electron chi connectivity index (χ0n) is 16.5. The highest BCUT2D eigenvalue weighted by molar-refractivity contribution is 5.64. The summed E-state index contributed by atoms with van der Waals surface area (Å²) in [5, 5.41) is 9.64. The van der Waals surface area contributed by atoms with E-state index in [-0.39, 0.29) is 0 Å². The molecule has 1 N–H and O–H groups in total. The predicted octanol–water partition coefficient (Wildman–Crippen LogP) is 7.26. The van der Waals surface area contributed by atoms with Gasteiger partial charge in [0, 0.05) is 0 Å². The molecule has 1 heteroatoms. The molecule has 1 nitrogen and oxygen atoms in total. The molecule has 0 radical (unpaired) electrons. The summed E-state index contributed by atoms with van der Waals surface area (Å²) in [6, 6.07) is 17.5. The average Bonchev–Trinajstić information content (AvgIpc) is 2.69. The Balaban J connectivity index is 1.56. The second-order valence-corrected chi connectivity index (χ2v) is 8.13. The summed E-state index contributed by atoms with van der Waals surface area (Å²) in [7, 11) is 0. The smallest absolute Gasteiger partial charge is 0.0761 e. The number of unbranched alkanes of at least 4 members (excludes halogenated alkanes) is 2. The number of rotatable bonds is 7. The van der Waals surface area contributed by atoms with Crippen LogP contribution in [0.3, 0.4) is 0 Å². The molecule has 0 spiro atoms. The number of aliphatic hydroxyl groups is 1. The Morgan fingerprint density at radius 2 is 1.42 bits per heavy atom. The van der Waals surface area contributed by atoms with Crippen LogP contribution in [0, 0.1) is 5.92 Å². The summed E-state index contributed by atoms with van der Waals surface area (Å²) in [4.78, 5) is 0. The molecule has 0 aromatic heterocycles. The van der Waals surface area contributed by atoms with Gasteiger partial charge in [-0.2, -0.15) is 0 Å². The Labute approximate surface area is 159 Å². The van der Waals surface area contributed by atoms with E-state index in [0.29, 0.717) is 0 Å². The van der Waals surface area contributed by atoms with Crippen molar-refractivity contribution in [1.29, 1.82) is 0 Å². The molecule has 1 saturated carbocycles. The number of benzene rings is 2. The zero-order chi connectivity index (χ0) is 18.4. The Bertz CT molecular complexity index is 646. The van der Waals surface area contributed by atoms with E-state index in [1.807, 2.05) is 19.1 Å². The van der Waals surface area contributed by atoms with Gasteiger partial charge in [0.1, 0.15) is 0 Å². The quantitative estimate of drug-likeness (QED) is 0.521. The van der Waals surface area contributed by atoms with Gasteiger partial charge in [0.25, 0.3) is 0 Å². The second-order valence-electron chi connectivity index (χ2n) is 8.13. The van der Waals surface area contributed by atoms with Crippen molar-refractivity contribution < 1.29 is 5.11 Å². The largest absolute Gasteiger partial charge is 0.389 e. The molecule has 1 unspecified atom stereocenters. The summed E-state index contributed by atoms with van der Waals surface area (Å²) in [5.41, 5.74) is 4.97. The first-order valence-electron chi connectivity index (χ1n) is 10.6. The highest BCUT2D eigenvalue weighted by Crippen LogP contribution is 2.38. The molecule has 1 aliphatic carbocycles. The number of hydrogen-bond donors (Lipinski definition) is 1. The fourth-order valence-electron chi connectivity index (χ4n) is 4.37. The zero-order valence-corrected chi connectivity index (χ0v) is 16.5. The van der Waals surface area contributed by atoms with Gasteiger partial charge in [0.05, 0.1) is 6.10 Å². The Morgan fingerprint density at radius 3 is 1.96 bits per heavy atom. The van der Waals surface area contributed by atoms with E-state index in [4.69, 9.17) is 0 Å². The first-order chi connectivity index (χ1) is 12.7. The van der Waals surface area contributed by atoms with Gasteiger partial charge in [0.15, 0.2) is 0 Å². The molecule has 3 rings (SSSR count). The minimum atomic E-state index is -0.400. The highest BCUT2D eigenvalue weighted by atomic mass is 16.3. The van der Waals surface area contributed by atoms with Gasteiger partial charge in [-0.15, -0.1) is 0 Å². The van der Waals surface area contributed by atoms with Crippen molar-refractivity contribution in [2.45, 2.75) is 77.2 Å². The topological polar surface area (TPSA) is 20.2 Å². The molecule has 1 aliphatic rings. The summed E-state index contributed by atoms with van der Waals surface area (Å²) in [6.45, 7) is 4.10. The lowest BCUT2D eigenvalue weighted by Gasteiger charge is -2.29. The van der Waals surface area contributed by atoms with E-state index < -0.39 is 6.10 Å². The van der Waals surface area contributed by atoms with Crippen LogP contribution in [-0.4, -0.2) is 5.11 Å². The van der Waals surface area contributed by atoms with Crippen molar-refractivity contribution in [2.75, 3.05) is 0 Å². The maximum Gasteiger partial charge on any atom is 0.0761 e. The minimum absolute atomic E-state index is 0.400. The van der Waals surface area contributed by atoms with Gasteiger partial charge in [-0.1, -0.05) is 81.1 Å². The van der Waals surface area contributed by atoms with Crippen LogP contribution < -0.4 is 0 Å². The molecule has 0 bridgehead atoms. The van der Waals surface area contributed by atoms with Crippen molar-refractivity contribution in [3.8, 4) is 11.1 Å². The Hall–Kier alpha value is -1.60. The van der Waals surface area contributed by atoms with Crippen molar-refractivity contribution in [1.82, 2.24) is 0 Å². The number of aliphatic hydroxyl groups excluding tert-OH is 1. The lowest BCUT2D eigenvalue weighted by atomic mass is 9.77. The van der Waals surface area contributed by atoms with E-state index in [1.165, 1.54) is 68.1 Å². The molecule has 2 aromatic carbocycles. The lowest BCUT2D eigenvalue weighted by Crippen LogP contribution is -2.13. The molecular weight excluding hydrogens is 316 g/mol. The fraction of sp³-hybridized carbons (Fsp3) is 0.520. The van der Waals surface area contributed by atoms with Crippen LogP contribution in [0.5, 0.6) is 0 Å². The molecule has 0 heterocycles. The lowest BCUT2D eigenvalue weighted by molar-refractivity contribution is 0.199. The van der Waals surface area contributed by atoms with Gasteiger partial charge in [-0.3, -0.25) is 0 Å². The average molecular weight is 351 g/mol. The SMILES string of the molecule is CCCCCC1CCC(c2ccc(-c3ccc(C(C)O)cc3)cc2)CC1. The molecule has 1 fully saturated rings. The Morgan fingerprint density at radius 1 is 0.846 bits per heavy atom. The molecule has 0 saturated heterocycles. The maximum atomic E-state index is 9.64. The van der Waals surface area contributed by atoms with E-state index in [1.54, 1.807) is 0 Å². The van der Waals surface area contributed by atoms with Crippen molar-refractivity contribution in [3.05, 3.63) is 59.7 Å². The molecule has 26 heavy (non-hydrogen) atoms.